The van der Waals surface area contributed by atoms with Crippen LogP contribution < -0.4 is 20.5 Å². The number of benzene rings is 1. The molecule has 0 bridgehead atoms. The highest BCUT2D eigenvalue weighted by Gasteiger charge is 2.11. The van der Waals surface area contributed by atoms with E-state index >= 15 is 0 Å². The van der Waals surface area contributed by atoms with Crippen molar-refractivity contribution < 1.29 is 14.3 Å². The second-order valence-corrected chi connectivity index (χ2v) is 4.67. The number of pyridine rings is 1. The van der Waals surface area contributed by atoms with Crippen molar-refractivity contribution in [2.75, 3.05) is 13.7 Å². The number of carbonyl (C=O) groups excluding carboxylic acids is 1. The minimum atomic E-state index is -0.528. The van der Waals surface area contributed by atoms with Gasteiger partial charge in [0, 0.05) is 31.0 Å². The predicted molar refractivity (Wildman–Crippen MR) is 89.7 cm³/mol. The third-order valence-electron chi connectivity index (χ3n) is 3.01. The second-order valence-electron chi connectivity index (χ2n) is 4.67. The predicted octanol–water partition coefficient (Wildman–Crippen LogP) is 1.67. The molecule has 0 fully saturated rings. The summed E-state index contributed by atoms with van der Waals surface area (Å²) in [4.78, 5) is 15.0. The van der Waals surface area contributed by atoms with E-state index in [1.807, 2.05) is 30.5 Å². The van der Waals surface area contributed by atoms with Gasteiger partial charge in [0.15, 0.2) is 18.1 Å². The first-order chi connectivity index (χ1) is 10.7. The molecular formula is C16H20ClN3O3. The SMILES string of the molecule is COc1cccc(CNCc2cccnc2)c1OCC(N)=O.Cl. The van der Waals surface area contributed by atoms with Crippen LogP contribution in [0.2, 0.25) is 0 Å². The highest BCUT2D eigenvalue weighted by atomic mass is 35.5. The van der Waals surface area contributed by atoms with Crippen molar-refractivity contribution in [2.24, 2.45) is 5.73 Å². The number of hydrogen-bond donors (Lipinski definition) is 2. The number of methoxy groups -OCH3 is 1. The molecule has 6 nitrogen and oxygen atoms in total. The third kappa shape index (κ3) is 5.77. The van der Waals surface area contributed by atoms with E-state index in [0.717, 1.165) is 11.1 Å². The smallest absolute Gasteiger partial charge is 0.255 e. The van der Waals surface area contributed by atoms with Crippen molar-refractivity contribution in [3.8, 4) is 11.5 Å². The highest BCUT2D eigenvalue weighted by molar-refractivity contribution is 5.85. The average molecular weight is 338 g/mol. The maximum absolute atomic E-state index is 10.9. The number of nitrogens with one attached hydrogen (secondary N) is 1. The molecule has 1 aromatic heterocycles. The maximum Gasteiger partial charge on any atom is 0.255 e. The van der Waals surface area contributed by atoms with Crippen LogP contribution in [0.3, 0.4) is 0 Å². The summed E-state index contributed by atoms with van der Waals surface area (Å²) in [5.41, 5.74) is 7.11. The number of para-hydroxylation sites is 1. The topological polar surface area (TPSA) is 86.5 Å². The van der Waals surface area contributed by atoms with Gasteiger partial charge in [-0.1, -0.05) is 18.2 Å². The molecule has 1 heterocycles. The monoisotopic (exact) mass is 337 g/mol. The van der Waals surface area contributed by atoms with Gasteiger partial charge in [0.05, 0.1) is 7.11 Å². The molecule has 23 heavy (non-hydrogen) atoms. The van der Waals surface area contributed by atoms with E-state index in [4.69, 9.17) is 15.2 Å². The Morgan fingerprint density at radius 3 is 2.74 bits per heavy atom. The van der Waals surface area contributed by atoms with Crippen molar-refractivity contribution in [1.29, 1.82) is 0 Å². The van der Waals surface area contributed by atoms with E-state index in [1.54, 1.807) is 19.4 Å². The van der Waals surface area contributed by atoms with Crippen LogP contribution in [0.4, 0.5) is 0 Å². The molecule has 0 atom stereocenters. The molecule has 2 rings (SSSR count). The zero-order valence-electron chi connectivity index (χ0n) is 12.8. The fourth-order valence-corrected chi connectivity index (χ4v) is 2.01. The summed E-state index contributed by atoms with van der Waals surface area (Å²) < 4.78 is 10.7. The molecule has 0 aliphatic carbocycles. The van der Waals surface area contributed by atoms with Gasteiger partial charge >= 0.3 is 0 Å². The van der Waals surface area contributed by atoms with E-state index in [-0.39, 0.29) is 19.0 Å². The summed E-state index contributed by atoms with van der Waals surface area (Å²) in [6.45, 7) is 1.07. The molecule has 0 aliphatic rings. The van der Waals surface area contributed by atoms with Gasteiger partial charge in [0.25, 0.3) is 5.91 Å². The van der Waals surface area contributed by atoms with Crippen molar-refractivity contribution in [1.82, 2.24) is 10.3 Å². The number of carbonyl (C=O) groups is 1. The Morgan fingerprint density at radius 2 is 2.09 bits per heavy atom. The van der Waals surface area contributed by atoms with Gasteiger partial charge in [0.1, 0.15) is 0 Å². The normalized spacial score (nSPS) is 9.78. The minimum Gasteiger partial charge on any atom is -0.493 e. The summed E-state index contributed by atoms with van der Waals surface area (Å²) in [5, 5.41) is 3.31. The first-order valence-corrected chi connectivity index (χ1v) is 6.87. The molecule has 0 spiro atoms. The Labute approximate surface area is 141 Å². The molecule has 1 aromatic carbocycles. The standard InChI is InChI=1S/C16H19N3O3.ClH/c1-21-14-6-2-5-13(16(14)22-11-15(17)20)10-19-9-12-4-3-7-18-8-12;/h2-8,19H,9-11H2,1H3,(H2,17,20);1H. The second kappa shape index (κ2) is 9.66. The fourth-order valence-electron chi connectivity index (χ4n) is 2.01. The third-order valence-corrected chi connectivity index (χ3v) is 3.01. The number of halogens is 1. The lowest BCUT2D eigenvalue weighted by Crippen LogP contribution is -2.21. The molecule has 124 valence electrons. The fraction of sp³-hybridized carbons (Fsp3) is 0.250. The van der Waals surface area contributed by atoms with Gasteiger partial charge in [-0.3, -0.25) is 9.78 Å². The van der Waals surface area contributed by atoms with Crippen molar-refractivity contribution >= 4 is 18.3 Å². The lowest BCUT2D eigenvalue weighted by molar-refractivity contribution is -0.119. The number of amides is 1. The summed E-state index contributed by atoms with van der Waals surface area (Å²) in [6, 6.07) is 9.45. The first-order valence-electron chi connectivity index (χ1n) is 6.87. The van der Waals surface area contributed by atoms with Crippen LogP contribution in [0.15, 0.2) is 42.7 Å². The Morgan fingerprint density at radius 1 is 1.26 bits per heavy atom. The molecule has 7 heteroatoms. The van der Waals surface area contributed by atoms with Crippen molar-refractivity contribution in [2.45, 2.75) is 13.1 Å². The molecule has 2 aromatic rings. The van der Waals surface area contributed by atoms with E-state index in [2.05, 4.69) is 10.3 Å². The van der Waals surface area contributed by atoms with Gasteiger partial charge in [-0.2, -0.15) is 0 Å². The molecule has 0 aliphatic heterocycles. The lowest BCUT2D eigenvalue weighted by Gasteiger charge is -2.14. The van der Waals surface area contributed by atoms with Crippen LogP contribution in [0.25, 0.3) is 0 Å². The quantitative estimate of drug-likeness (QED) is 0.765. The van der Waals surface area contributed by atoms with Crippen molar-refractivity contribution in [3.05, 3.63) is 53.9 Å². The molecule has 0 saturated carbocycles. The lowest BCUT2D eigenvalue weighted by atomic mass is 10.1. The molecule has 0 unspecified atom stereocenters. The Hall–Kier alpha value is -2.31. The first kappa shape index (κ1) is 18.7. The number of aromatic nitrogens is 1. The zero-order chi connectivity index (χ0) is 15.8. The van der Waals surface area contributed by atoms with E-state index in [9.17, 15) is 4.79 Å². The molecule has 3 N–H and O–H groups in total. The van der Waals surface area contributed by atoms with Gasteiger partial charge in [-0.15, -0.1) is 12.4 Å². The van der Waals surface area contributed by atoms with Gasteiger partial charge in [-0.05, 0) is 17.7 Å². The summed E-state index contributed by atoms with van der Waals surface area (Å²) >= 11 is 0. The maximum atomic E-state index is 10.9. The summed E-state index contributed by atoms with van der Waals surface area (Å²) in [7, 11) is 1.55. The number of rotatable bonds is 8. The van der Waals surface area contributed by atoms with Crippen LogP contribution >= 0.6 is 12.4 Å². The van der Waals surface area contributed by atoms with E-state index in [0.29, 0.717) is 24.6 Å². The van der Waals surface area contributed by atoms with E-state index in [1.165, 1.54) is 0 Å². The van der Waals surface area contributed by atoms with Gasteiger partial charge < -0.3 is 20.5 Å². The number of ether oxygens (including phenoxy) is 2. The van der Waals surface area contributed by atoms with E-state index < -0.39 is 5.91 Å². The van der Waals surface area contributed by atoms with Crippen molar-refractivity contribution in [3.63, 3.8) is 0 Å². The van der Waals surface area contributed by atoms with Crippen LogP contribution in [-0.2, 0) is 17.9 Å². The van der Waals surface area contributed by atoms with Crippen LogP contribution in [0.1, 0.15) is 11.1 Å². The largest absolute Gasteiger partial charge is 0.493 e. The number of hydrogen-bond acceptors (Lipinski definition) is 5. The minimum absolute atomic E-state index is 0. The number of nitrogens with zero attached hydrogens (tertiary/aromatic N) is 1. The number of nitrogens with two attached hydrogens (primary N) is 1. The molecule has 1 amide bonds. The zero-order valence-corrected chi connectivity index (χ0v) is 13.6. The van der Waals surface area contributed by atoms with Gasteiger partial charge in [0.2, 0.25) is 0 Å². The summed E-state index contributed by atoms with van der Waals surface area (Å²) in [5.74, 6) is 0.574. The molecule has 0 radical (unpaired) electrons. The van der Waals surface area contributed by atoms with Gasteiger partial charge in [-0.25, -0.2) is 0 Å². The average Bonchev–Trinajstić information content (AvgIpc) is 2.54. The molecular weight excluding hydrogens is 318 g/mol. The van der Waals surface area contributed by atoms with Crippen LogP contribution in [0, 0.1) is 0 Å². The number of primary amides is 1. The highest BCUT2D eigenvalue weighted by Crippen LogP contribution is 2.31. The Kier molecular flexibility index (Phi) is 7.87. The Balaban J connectivity index is 0.00000264. The summed E-state index contributed by atoms with van der Waals surface area (Å²) in [6.07, 6.45) is 3.55. The Bertz CT molecular complexity index is 623. The molecule has 0 saturated heterocycles. The van der Waals surface area contributed by atoms with Crippen LogP contribution in [-0.4, -0.2) is 24.6 Å². The van der Waals surface area contributed by atoms with Crippen LogP contribution in [0.5, 0.6) is 11.5 Å².